The van der Waals surface area contributed by atoms with E-state index < -0.39 is 15.4 Å². The number of amides is 1. The Labute approximate surface area is 132 Å². The standard InChI is InChI=1S/C15H27N3O3S/c16-14(19)15-6-1-3-13(4-7-15)18(15)9-2-8-17-12-5-10-22(20,21)11-12/h12-13,17H,1-11H2,(H2,16,19)/t12-,13-,15+/m1/s1. The minimum absolute atomic E-state index is 0.105. The number of carbonyl (C=O) groups excluding carboxylic acids is 1. The summed E-state index contributed by atoms with van der Waals surface area (Å²) in [5, 5.41) is 3.35. The van der Waals surface area contributed by atoms with Gasteiger partial charge in [0, 0.05) is 18.6 Å². The van der Waals surface area contributed by atoms with E-state index in [-0.39, 0.29) is 17.7 Å². The van der Waals surface area contributed by atoms with Crippen LogP contribution >= 0.6 is 0 Å². The van der Waals surface area contributed by atoms with E-state index in [1.54, 1.807) is 0 Å². The first-order chi connectivity index (χ1) is 10.4. The van der Waals surface area contributed by atoms with E-state index in [0.29, 0.717) is 11.8 Å². The molecule has 3 atom stereocenters. The quantitative estimate of drug-likeness (QED) is 0.671. The Morgan fingerprint density at radius 3 is 2.77 bits per heavy atom. The first kappa shape index (κ1) is 16.2. The van der Waals surface area contributed by atoms with E-state index in [1.165, 1.54) is 6.42 Å². The van der Waals surface area contributed by atoms with Crippen molar-refractivity contribution in [3.63, 3.8) is 0 Å². The van der Waals surface area contributed by atoms with Gasteiger partial charge in [-0.1, -0.05) is 0 Å². The van der Waals surface area contributed by atoms with Crippen molar-refractivity contribution in [3.8, 4) is 0 Å². The van der Waals surface area contributed by atoms with Crippen molar-refractivity contribution in [2.24, 2.45) is 5.73 Å². The molecule has 0 aliphatic carbocycles. The van der Waals surface area contributed by atoms with Gasteiger partial charge < -0.3 is 11.1 Å². The van der Waals surface area contributed by atoms with Crippen molar-refractivity contribution in [1.29, 1.82) is 0 Å². The number of carbonyl (C=O) groups is 1. The zero-order chi connectivity index (χ0) is 15.8. The molecule has 0 unspecified atom stereocenters. The van der Waals surface area contributed by atoms with Crippen molar-refractivity contribution in [1.82, 2.24) is 10.2 Å². The van der Waals surface area contributed by atoms with E-state index in [0.717, 1.165) is 51.6 Å². The van der Waals surface area contributed by atoms with Gasteiger partial charge in [-0.05, 0) is 51.5 Å². The van der Waals surface area contributed by atoms with E-state index in [1.807, 2.05) is 0 Å². The van der Waals surface area contributed by atoms with Crippen LogP contribution in [0.3, 0.4) is 0 Å². The van der Waals surface area contributed by atoms with Crippen LogP contribution in [0.25, 0.3) is 0 Å². The molecule has 3 saturated heterocycles. The second kappa shape index (κ2) is 6.09. The zero-order valence-electron chi connectivity index (χ0n) is 13.1. The molecule has 6 nitrogen and oxygen atoms in total. The highest BCUT2D eigenvalue weighted by Crippen LogP contribution is 2.43. The molecule has 22 heavy (non-hydrogen) atoms. The van der Waals surface area contributed by atoms with E-state index in [9.17, 15) is 13.2 Å². The Morgan fingerprint density at radius 2 is 2.09 bits per heavy atom. The molecular weight excluding hydrogens is 302 g/mol. The number of fused-ring (bicyclic) bond motifs is 2. The van der Waals surface area contributed by atoms with Gasteiger partial charge in [0.15, 0.2) is 9.84 Å². The average molecular weight is 329 g/mol. The lowest BCUT2D eigenvalue weighted by Crippen LogP contribution is -2.58. The summed E-state index contributed by atoms with van der Waals surface area (Å²) in [4.78, 5) is 14.3. The lowest BCUT2D eigenvalue weighted by atomic mass is 9.87. The number of sulfone groups is 1. The lowest BCUT2D eigenvalue weighted by molar-refractivity contribution is -0.131. The SMILES string of the molecule is NC(=O)[C@]12CCC[C@H](CC1)N2CCCN[C@@H]1CCS(=O)(=O)C1. The number of rotatable bonds is 6. The molecule has 3 N–H and O–H groups in total. The first-order valence-corrected chi connectivity index (χ1v) is 10.3. The summed E-state index contributed by atoms with van der Waals surface area (Å²) in [6.45, 7) is 1.68. The van der Waals surface area contributed by atoms with Crippen LogP contribution in [-0.4, -0.2) is 61.4 Å². The second-order valence-corrected chi connectivity index (χ2v) is 9.31. The van der Waals surface area contributed by atoms with Gasteiger partial charge in [0.2, 0.25) is 5.91 Å². The molecule has 2 bridgehead atoms. The van der Waals surface area contributed by atoms with E-state index in [4.69, 9.17) is 5.73 Å². The monoisotopic (exact) mass is 329 g/mol. The molecule has 0 aromatic rings. The Morgan fingerprint density at radius 1 is 1.27 bits per heavy atom. The number of nitrogens with two attached hydrogens (primary N) is 1. The third kappa shape index (κ3) is 3.03. The predicted octanol–water partition coefficient (Wildman–Crippen LogP) is 0.0256. The largest absolute Gasteiger partial charge is 0.368 e. The highest BCUT2D eigenvalue weighted by atomic mass is 32.2. The minimum atomic E-state index is -2.82. The summed E-state index contributed by atoms with van der Waals surface area (Å²) in [5.41, 5.74) is 5.30. The van der Waals surface area contributed by atoms with Crippen molar-refractivity contribution >= 4 is 15.7 Å². The summed E-state index contributed by atoms with van der Waals surface area (Å²) < 4.78 is 22.9. The number of piperidine rings is 1. The fourth-order valence-electron chi connectivity index (χ4n) is 4.55. The van der Waals surface area contributed by atoms with E-state index >= 15 is 0 Å². The van der Waals surface area contributed by atoms with Gasteiger partial charge in [0.1, 0.15) is 5.54 Å². The van der Waals surface area contributed by atoms with Gasteiger partial charge in [-0.3, -0.25) is 9.69 Å². The Balaban J connectivity index is 1.48. The molecular formula is C15H27N3O3S. The Hall–Kier alpha value is -0.660. The molecule has 0 radical (unpaired) electrons. The smallest absolute Gasteiger partial charge is 0.237 e. The van der Waals surface area contributed by atoms with Crippen LogP contribution in [0.2, 0.25) is 0 Å². The summed E-state index contributed by atoms with van der Waals surface area (Å²) in [6.07, 6.45) is 6.80. The summed E-state index contributed by atoms with van der Waals surface area (Å²) >= 11 is 0. The third-order valence-corrected chi connectivity index (χ3v) is 7.48. The fourth-order valence-corrected chi connectivity index (χ4v) is 6.26. The maximum Gasteiger partial charge on any atom is 0.237 e. The maximum absolute atomic E-state index is 12.0. The first-order valence-electron chi connectivity index (χ1n) is 8.43. The van der Waals surface area contributed by atoms with Crippen LogP contribution in [0.5, 0.6) is 0 Å². The van der Waals surface area contributed by atoms with Crippen LogP contribution < -0.4 is 11.1 Å². The molecule has 0 spiro atoms. The van der Waals surface area contributed by atoms with Crippen molar-refractivity contribution in [2.75, 3.05) is 24.6 Å². The van der Waals surface area contributed by atoms with Gasteiger partial charge in [-0.2, -0.15) is 0 Å². The van der Waals surface area contributed by atoms with Gasteiger partial charge in [0.25, 0.3) is 0 Å². The molecule has 0 aromatic heterocycles. The van der Waals surface area contributed by atoms with Gasteiger partial charge in [-0.25, -0.2) is 8.42 Å². The number of hydrogen-bond donors (Lipinski definition) is 2. The Kier molecular flexibility index (Phi) is 4.49. The highest BCUT2D eigenvalue weighted by Gasteiger charge is 2.52. The third-order valence-electron chi connectivity index (χ3n) is 5.71. The van der Waals surface area contributed by atoms with Crippen LogP contribution in [0.1, 0.15) is 44.9 Å². The molecule has 3 fully saturated rings. The van der Waals surface area contributed by atoms with Crippen LogP contribution in [-0.2, 0) is 14.6 Å². The zero-order valence-corrected chi connectivity index (χ0v) is 13.9. The van der Waals surface area contributed by atoms with Crippen molar-refractivity contribution in [3.05, 3.63) is 0 Å². The van der Waals surface area contributed by atoms with Gasteiger partial charge >= 0.3 is 0 Å². The molecule has 3 heterocycles. The average Bonchev–Trinajstić information content (AvgIpc) is 2.89. The summed E-state index contributed by atoms with van der Waals surface area (Å²) in [5.74, 6) is 0.415. The van der Waals surface area contributed by atoms with Crippen molar-refractivity contribution in [2.45, 2.75) is 62.6 Å². The van der Waals surface area contributed by atoms with Crippen molar-refractivity contribution < 1.29 is 13.2 Å². The molecule has 0 saturated carbocycles. The van der Waals surface area contributed by atoms with Crippen LogP contribution in [0.4, 0.5) is 0 Å². The summed E-state index contributed by atoms with van der Waals surface area (Å²) in [7, 11) is -2.82. The van der Waals surface area contributed by atoms with E-state index in [2.05, 4.69) is 10.2 Å². The molecule has 3 aliphatic rings. The number of hydrogen-bond acceptors (Lipinski definition) is 5. The predicted molar refractivity (Wildman–Crippen MR) is 85.2 cm³/mol. The van der Waals surface area contributed by atoms with Crippen LogP contribution in [0, 0.1) is 0 Å². The Bertz CT molecular complexity index is 532. The number of primary amides is 1. The lowest BCUT2D eigenvalue weighted by Gasteiger charge is -2.42. The molecule has 3 rings (SSSR count). The number of nitrogens with zero attached hydrogens (tertiary/aromatic N) is 1. The normalized spacial score (nSPS) is 37.5. The molecule has 7 heteroatoms. The molecule has 0 aromatic carbocycles. The minimum Gasteiger partial charge on any atom is -0.368 e. The maximum atomic E-state index is 12.0. The number of nitrogens with one attached hydrogen (secondary N) is 1. The second-order valence-electron chi connectivity index (χ2n) is 7.08. The molecule has 1 amide bonds. The van der Waals surface area contributed by atoms with Gasteiger partial charge in [0.05, 0.1) is 11.5 Å². The van der Waals surface area contributed by atoms with Gasteiger partial charge in [-0.15, -0.1) is 0 Å². The molecule has 126 valence electrons. The highest BCUT2D eigenvalue weighted by molar-refractivity contribution is 7.91. The molecule has 3 aliphatic heterocycles. The fraction of sp³-hybridized carbons (Fsp3) is 0.933. The topological polar surface area (TPSA) is 92.5 Å². The van der Waals surface area contributed by atoms with Crippen LogP contribution in [0.15, 0.2) is 0 Å². The summed E-state index contributed by atoms with van der Waals surface area (Å²) in [6, 6.07) is 0.612.